The first-order chi connectivity index (χ1) is 10.2. The van der Waals surface area contributed by atoms with E-state index >= 15 is 0 Å². The molecule has 118 valence electrons. The van der Waals surface area contributed by atoms with Gasteiger partial charge in [-0.05, 0) is 23.8 Å². The van der Waals surface area contributed by atoms with Crippen LogP contribution in [0.15, 0.2) is 18.2 Å². The van der Waals surface area contributed by atoms with Crippen LogP contribution in [0.25, 0.3) is 0 Å². The maximum absolute atomic E-state index is 13.1. The summed E-state index contributed by atoms with van der Waals surface area (Å²) in [7, 11) is 0. The Balaban J connectivity index is 2.06. The third-order valence-corrected chi connectivity index (χ3v) is 3.41. The fraction of sp³-hybridized carbons (Fsp3) is 0.308. The Morgan fingerprint density at radius 3 is 2.68 bits per heavy atom. The number of hydrogen-bond acceptors (Lipinski definition) is 5. The van der Waals surface area contributed by atoms with E-state index in [4.69, 9.17) is 22.1 Å². The van der Waals surface area contributed by atoms with Crippen molar-refractivity contribution in [2.24, 2.45) is 5.73 Å². The number of hydrogen-bond donors (Lipinski definition) is 2. The lowest BCUT2D eigenvalue weighted by Gasteiger charge is -2.19. The number of likely N-dealkylation sites (tertiary alicyclic amines) is 1. The number of ether oxygens (including phenoxy) is 1. The number of primary amides is 1. The van der Waals surface area contributed by atoms with Gasteiger partial charge in [-0.15, -0.1) is 0 Å². The van der Waals surface area contributed by atoms with Crippen LogP contribution < -0.4 is 5.73 Å². The number of halogens is 2. The van der Waals surface area contributed by atoms with E-state index in [2.05, 4.69) is 0 Å². The third kappa shape index (κ3) is 3.02. The van der Waals surface area contributed by atoms with Crippen LogP contribution in [0.2, 0.25) is 5.02 Å². The fourth-order valence-corrected chi connectivity index (χ4v) is 2.31. The monoisotopic (exact) mass is 330 g/mol. The number of carbonyl (C=O) groups is 3. The smallest absolute Gasteiger partial charge is 0.348 e. The number of aliphatic hydroxyl groups is 1. The second kappa shape index (κ2) is 5.90. The summed E-state index contributed by atoms with van der Waals surface area (Å²) in [6, 6.07) is 2.47. The summed E-state index contributed by atoms with van der Waals surface area (Å²) >= 11 is 5.66. The van der Waals surface area contributed by atoms with Gasteiger partial charge in [0.25, 0.3) is 5.91 Å². The van der Waals surface area contributed by atoms with Crippen molar-refractivity contribution in [3.8, 4) is 0 Å². The van der Waals surface area contributed by atoms with E-state index in [9.17, 15) is 23.9 Å². The molecule has 1 aromatic rings. The van der Waals surface area contributed by atoms with Gasteiger partial charge in [0.1, 0.15) is 12.4 Å². The highest BCUT2D eigenvalue weighted by molar-refractivity contribution is 6.30. The first kappa shape index (κ1) is 16.2. The van der Waals surface area contributed by atoms with Crippen LogP contribution in [-0.4, -0.2) is 40.1 Å². The highest BCUT2D eigenvalue weighted by Gasteiger charge is 2.54. The van der Waals surface area contributed by atoms with Gasteiger partial charge in [0, 0.05) is 18.0 Å². The van der Waals surface area contributed by atoms with Crippen molar-refractivity contribution >= 4 is 29.5 Å². The minimum atomic E-state index is -2.47. The van der Waals surface area contributed by atoms with Gasteiger partial charge < -0.3 is 15.6 Å². The van der Waals surface area contributed by atoms with Gasteiger partial charge in [-0.1, -0.05) is 11.6 Å². The van der Waals surface area contributed by atoms with Crippen molar-refractivity contribution in [2.75, 3.05) is 6.54 Å². The molecule has 3 N–H and O–H groups in total. The van der Waals surface area contributed by atoms with E-state index < -0.39 is 29.3 Å². The van der Waals surface area contributed by atoms with Crippen molar-refractivity contribution < 1.29 is 28.6 Å². The minimum absolute atomic E-state index is 0.113. The summed E-state index contributed by atoms with van der Waals surface area (Å²) in [4.78, 5) is 35.3. The van der Waals surface area contributed by atoms with Crippen molar-refractivity contribution in [1.82, 2.24) is 4.90 Å². The first-order valence-electron chi connectivity index (χ1n) is 6.20. The van der Waals surface area contributed by atoms with E-state index in [0.717, 1.165) is 12.1 Å². The standard InChI is InChI=1S/C13H12ClFN2O5/c14-8-3-7(4-9(15)5-8)6-22-11(19)13(21)1-2-17(10(13)18)12(16)20/h3-5,21H,1-2,6H2,(H2,16,20). The van der Waals surface area contributed by atoms with Gasteiger partial charge in [-0.2, -0.15) is 0 Å². The van der Waals surface area contributed by atoms with Gasteiger partial charge in [0.05, 0.1) is 0 Å². The summed E-state index contributed by atoms with van der Waals surface area (Å²) in [6.45, 7) is -0.575. The zero-order valence-electron chi connectivity index (χ0n) is 11.2. The van der Waals surface area contributed by atoms with E-state index in [0.29, 0.717) is 4.90 Å². The van der Waals surface area contributed by atoms with Crippen molar-refractivity contribution in [2.45, 2.75) is 18.6 Å². The molecule has 0 bridgehead atoms. The van der Waals surface area contributed by atoms with Crippen LogP contribution in [0.1, 0.15) is 12.0 Å². The van der Waals surface area contributed by atoms with Crippen LogP contribution >= 0.6 is 11.6 Å². The molecule has 1 aliphatic rings. The predicted molar refractivity (Wildman–Crippen MR) is 72.1 cm³/mol. The lowest BCUT2D eigenvalue weighted by Crippen LogP contribution is -2.50. The largest absolute Gasteiger partial charge is 0.458 e. The fourth-order valence-electron chi connectivity index (χ4n) is 2.07. The molecular formula is C13H12ClFN2O5. The van der Waals surface area contributed by atoms with Crippen LogP contribution in [0.4, 0.5) is 9.18 Å². The van der Waals surface area contributed by atoms with Crippen molar-refractivity contribution in [1.29, 1.82) is 0 Å². The molecule has 7 nitrogen and oxygen atoms in total. The number of urea groups is 1. The summed E-state index contributed by atoms with van der Waals surface area (Å²) in [5.41, 5.74) is 2.74. The van der Waals surface area contributed by atoms with Gasteiger partial charge in [-0.3, -0.25) is 9.69 Å². The van der Waals surface area contributed by atoms with Crippen molar-refractivity contribution in [3.05, 3.63) is 34.6 Å². The molecule has 9 heteroatoms. The molecule has 1 unspecified atom stereocenters. The number of amides is 3. The molecule has 0 saturated carbocycles. The number of nitrogens with two attached hydrogens (primary N) is 1. The zero-order valence-corrected chi connectivity index (χ0v) is 12.0. The highest BCUT2D eigenvalue weighted by atomic mass is 35.5. The Kier molecular flexibility index (Phi) is 4.34. The van der Waals surface area contributed by atoms with Gasteiger partial charge in [-0.25, -0.2) is 14.0 Å². The van der Waals surface area contributed by atoms with Crippen LogP contribution in [0, 0.1) is 5.82 Å². The van der Waals surface area contributed by atoms with E-state index in [1.54, 1.807) is 0 Å². The Hall–Kier alpha value is -2.19. The second-order valence-electron chi connectivity index (χ2n) is 4.76. The number of nitrogens with zero attached hydrogens (tertiary/aromatic N) is 1. The molecule has 0 aliphatic carbocycles. The second-order valence-corrected chi connectivity index (χ2v) is 5.20. The SMILES string of the molecule is NC(=O)N1CCC(O)(C(=O)OCc2cc(F)cc(Cl)c2)C1=O. The Labute approximate surface area is 129 Å². The number of carbonyl (C=O) groups excluding carboxylic acids is 3. The van der Waals surface area contributed by atoms with Gasteiger partial charge >= 0.3 is 12.0 Å². The third-order valence-electron chi connectivity index (χ3n) is 3.19. The molecule has 0 radical (unpaired) electrons. The first-order valence-corrected chi connectivity index (χ1v) is 6.58. The number of rotatable bonds is 3. The molecule has 1 aromatic carbocycles. The van der Waals surface area contributed by atoms with Crippen molar-refractivity contribution in [3.63, 3.8) is 0 Å². The summed E-state index contributed by atoms with van der Waals surface area (Å²) < 4.78 is 18.0. The van der Waals surface area contributed by atoms with Gasteiger partial charge in [0.15, 0.2) is 0 Å². The van der Waals surface area contributed by atoms with Crippen LogP contribution in [-0.2, 0) is 20.9 Å². The number of benzene rings is 1. The quantitative estimate of drug-likeness (QED) is 0.621. The Bertz CT molecular complexity index is 633. The lowest BCUT2D eigenvalue weighted by atomic mass is 10.0. The molecule has 1 atom stereocenters. The Morgan fingerprint density at radius 1 is 1.45 bits per heavy atom. The number of imide groups is 1. The summed E-state index contributed by atoms with van der Waals surface area (Å²) in [6.07, 6.45) is -0.322. The number of esters is 1. The topological polar surface area (TPSA) is 110 Å². The molecule has 1 aliphatic heterocycles. The summed E-state index contributed by atoms with van der Waals surface area (Å²) in [5, 5.41) is 10.2. The lowest BCUT2D eigenvalue weighted by molar-refractivity contribution is -0.171. The van der Waals surface area contributed by atoms with Crippen LogP contribution in [0.3, 0.4) is 0 Å². The molecule has 0 spiro atoms. The maximum atomic E-state index is 13.1. The average Bonchev–Trinajstić information content (AvgIpc) is 2.72. The molecule has 1 saturated heterocycles. The Morgan fingerprint density at radius 2 is 2.14 bits per heavy atom. The normalized spacial score (nSPS) is 21.0. The molecule has 2 rings (SSSR count). The average molecular weight is 331 g/mol. The maximum Gasteiger partial charge on any atom is 0.348 e. The van der Waals surface area contributed by atoms with E-state index in [1.165, 1.54) is 6.07 Å². The van der Waals surface area contributed by atoms with Crippen LogP contribution in [0.5, 0.6) is 0 Å². The zero-order chi connectivity index (χ0) is 16.5. The predicted octanol–water partition coefficient (Wildman–Crippen LogP) is 0.564. The minimum Gasteiger partial charge on any atom is -0.458 e. The molecule has 0 aromatic heterocycles. The molecule has 3 amide bonds. The molecule has 1 heterocycles. The molecule has 1 fully saturated rings. The summed E-state index contributed by atoms with van der Waals surface area (Å²) in [5.74, 6) is -2.99. The molecular weight excluding hydrogens is 319 g/mol. The van der Waals surface area contributed by atoms with E-state index in [-0.39, 0.29) is 30.2 Å². The molecule has 22 heavy (non-hydrogen) atoms. The van der Waals surface area contributed by atoms with E-state index in [1.807, 2.05) is 0 Å². The van der Waals surface area contributed by atoms with Gasteiger partial charge in [0.2, 0.25) is 5.60 Å². The highest BCUT2D eigenvalue weighted by Crippen LogP contribution is 2.25.